The molecule has 2 saturated carbocycles. The van der Waals surface area contributed by atoms with E-state index in [1.54, 1.807) is 30.3 Å². The fourth-order valence-corrected chi connectivity index (χ4v) is 6.96. The summed E-state index contributed by atoms with van der Waals surface area (Å²) in [6.45, 7) is 0.219. The number of carbonyl (C=O) groups is 2. The Labute approximate surface area is 221 Å². The average molecular weight is 576 g/mol. The molecular formula is C26H21BrCl2N2O4. The summed E-state index contributed by atoms with van der Waals surface area (Å²) in [6, 6.07) is 8.75. The second-order valence-electron chi connectivity index (χ2n) is 9.45. The van der Waals surface area contributed by atoms with Crippen LogP contribution < -0.4 is 9.47 Å². The predicted octanol–water partition coefficient (Wildman–Crippen LogP) is 5.73. The highest BCUT2D eigenvalue weighted by atomic mass is 79.9. The van der Waals surface area contributed by atoms with E-state index < -0.39 is 0 Å². The van der Waals surface area contributed by atoms with Crippen molar-refractivity contribution in [2.24, 2.45) is 40.6 Å². The molecule has 2 bridgehead atoms. The van der Waals surface area contributed by atoms with Gasteiger partial charge in [0.25, 0.3) is 11.8 Å². The fraction of sp³-hybridized carbons (Fsp3) is 0.346. The maximum absolute atomic E-state index is 13.1. The molecule has 0 unspecified atom stereocenters. The number of hydrazone groups is 1. The number of benzene rings is 2. The van der Waals surface area contributed by atoms with Gasteiger partial charge in [-0.05, 0) is 75.9 Å². The number of imide groups is 1. The zero-order chi connectivity index (χ0) is 24.4. The molecule has 6 atom stereocenters. The van der Waals surface area contributed by atoms with E-state index in [0.29, 0.717) is 43.4 Å². The zero-order valence-corrected chi connectivity index (χ0v) is 21.8. The lowest BCUT2D eigenvalue weighted by atomic mass is 9.63. The second kappa shape index (κ2) is 8.64. The van der Waals surface area contributed by atoms with Gasteiger partial charge in [-0.1, -0.05) is 41.4 Å². The summed E-state index contributed by atoms with van der Waals surface area (Å²) in [7, 11) is 1.54. The number of hydrogen-bond acceptors (Lipinski definition) is 5. The summed E-state index contributed by atoms with van der Waals surface area (Å²) < 4.78 is 12.1. The molecule has 0 aromatic heterocycles. The van der Waals surface area contributed by atoms with Gasteiger partial charge in [0, 0.05) is 15.6 Å². The minimum absolute atomic E-state index is 0.173. The number of halogens is 3. The number of rotatable bonds is 6. The van der Waals surface area contributed by atoms with E-state index >= 15 is 0 Å². The summed E-state index contributed by atoms with van der Waals surface area (Å²) >= 11 is 15.7. The predicted molar refractivity (Wildman–Crippen MR) is 136 cm³/mol. The third-order valence-corrected chi connectivity index (χ3v) is 8.78. The van der Waals surface area contributed by atoms with Crippen molar-refractivity contribution in [3.05, 3.63) is 68.1 Å². The highest BCUT2D eigenvalue weighted by Crippen LogP contribution is 2.65. The molecule has 3 fully saturated rings. The number of methoxy groups -OCH3 is 1. The van der Waals surface area contributed by atoms with Gasteiger partial charge < -0.3 is 9.47 Å². The molecule has 0 spiro atoms. The van der Waals surface area contributed by atoms with Crippen LogP contribution in [0.4, 0.5) is 0 Å². The Morgan fingerprint density at radius 1 is 1.09 bits per heavy atom. The van der Waals surface area contributed by atoms with Gasteiger partial charge in [0.15, 0.2) is 11.5 Å². The molecule has 0 N–H and O–H groups in total. The molecule has 1 aliphatic heterocycles. The van der Waals surface area contributed by atoms with Crippen molar-refractivity contribution in [1.29, 1.82) is 0 Å². The van der Waals surface area contributed by atoms with Gasteiger partial charge in [-0.3, -0.25) is 9.59 Å². The van der Waals surface area contributed by atoms with Crippen LogP contribution in [0.15, 0.2) is 52.1 Å². The standard InChI is InChI=1S/C26H21BrCl2N2O4/c1-34-21-7-12(6-19(27)24(21)35-11-13-2-3-14(28)8-20(13)29)10-30-31-25(32)22-15-4-5-16(18-9-17(15)18)23(22)26(31)33/h2-8,10,15-18,22-23H,9,11H2,1H3/t15-,16-,17-,18-,22+,23+/m0/s1. The summed E-state index contributed by atoms with van der Waals surface area (Å²) in [6.07, 6.45) is 6.94. The normalized spacial score (nSPS) is 30.1. The van der Waals surface area contributed by atoms with Crippen molar-refractivity contribution in [1.82, 2.24) is 5.01 Å². The smallest absolute Gasteiger partial charge is 0.254 e. The third kappa shape index (κ3) is 3.79. The number of allylic oxidation sites excluding steroid dienone is 2. The molecule has 0 radical (unpaired) electrons. The quantitative estimate of drug-likeness (QED) is 0.250. The van der Waals surface area contributed by atoms with E-state index in [9.17, 15) is 9.59 Å². The number of nitrogens with zero attached hydrogens (tertiary/aromatic N) is 2. The first kappa shape index (κ1) is 23.1. The minimum atomic E-state index is -0.268. The average Bonchev–Trinajstić information content (AvgIpc) is 3.62. The maximum Gasteiger partial charge on any atom is 0.254 e. The first-order valence-electron chi connectivity index (χ1n) is 11.4. The van der Waals surface area contributed by atoms with E-state index in [2.05, 4.69) is 33.2 Å². The van der Waals surface area contributed by atoms with Crippen LogP contribution in [0.5, 0.6) is 11.5 Å². The summed E-state index contributed by atoms with van der Waals surface area (Å²) in [5.74, 6) is 1.52. The Morgan fingerprint density at radius 3 is 2.40 bits per heavy atom. The number of hydrogen-bond donors (Lipinski definition) is 0. The molecule has 2 amide bonds. The van der Waals surface area contributed by atoms with E-state index in [1.807, 2.05) is 0 Å². The number of amides is 2. The Balaban J connectivity index is 1.21. The maximum atomic E-state index is 13.1. The van der Waals surface area contributed by atoms with E-state index in [1.165, 1.54) is 13.3 Å². The van der Waals surface area contributed by atoms with Crippen LogP contribution in [0.1, 0.15) is 17.5 Å². The Bertz CT molecular complexity index is 1280. The highest BCUT2D eigenvalue weighted by Gasteiger charge is 2.67. The van der Waals surface area contributed by atoms with Crippen molar-refractivity contribution >= 4 is 57.2 Å². The van der Waals surface area contributed by atoms with Gasteiger partial charge in [0.2, 0.25) is 0 Å². The summed E-state index contributed by atoms with van der Waals surface area (Å²) in [5, 5.41) is 6.44. The largest absolute Gasteiger partial charge is 0.493 e. The first-order valence-corrected chi connectivity index (χ1v) is 13.0. The molecule has 4 aliphatic carbocycles. The van der Waals surface area contributed by atoms with E-state index in [0.717, 1.165) is 17.0 Å². The minimum Gasteiger partial charge on any atom is -0.493 e. The number of carbonyl (C=O) groups excluding carboxylic acids is 2. The van der Waals surface area contributed by atoms with Gasteiger partial charge in [-0.15, -0.1) is 0 Å². The summed E-state index contributed by atoms with van der Waals surface area (Å²) in [4.78, 5) is 26.2. The Kier molecular flexibility index (Phi) is 5.70. The Hall–Kier alpha value is -2.35. The first-order chi connectivity index (χ1) is 16.9. The lowest BCUT2D eigenvalue weighted by Crippen LogP contribution is -2.40. The van der Waals surface area contributed by atoms with Crippen molar-refractivity contribution < 1.29 is 19.1 Å². The molecule has 180 valence electrons. The van der Waals surface area contributed by atoms with Gasteiger partial charge >= 0.3 is 0 Å². The van der Waals surface area contributed by atoms with Gasteiger partial charge in [0.1, 0.15) is 6.61 Å². The lowest BCUT2D eigenvalue weighted by Gasteiger charge is -2.37. The molecular weight excluding hydrogens is 555 g/mol. The van der Waals surface area contributed by atoms with Gasteiger partial charge in [-0.25, -0.2) is 0 Å². The number of ether oxygens (including phenoxy) is 2. The van der Waals surface area contributed by atoms with Crippen LogP contribution in [0, 0.1) is 35.5 Å². The molecule has 6 nitrogen and oxygen atoms in total. The fourth-order valence-electron chi connectivity index (χ4n) is 5.92. The molecule has 1 heterocycles. The molecule has 35 heavy (non-hydrogen) atoms. The van der Waals surface area contributed by atoms with Crippen molar-refractivity contribution in [2.75, 3.05) is 7.11 Å². The monoisotopic (exact) mass is 574 g/mol. The van der Waals surface area contributed by atoms with Crippen molar-refractivity contribution in [3.8, 4) is 11.5 Å². The molecule has 1 saturated heterocycles. The molecule has 7 rings (SSSR count). The van der Waals surface area contributed by atoms with Crippen LogP contribution in [0.3, 0.4) is 0 Å². The molecule has 2 aromatic rings. The molecule has 9 heteroatoms. The topological polar surface area (TPSA) is 68.2 Å². The van der Waals surface area contributed by atoms with Gasteiger partial charge in [0.05, 0.1) is 29.6 Å². The van der Waals surface area contributed by atoms with Crippen molar-refractivity contribution in [2.45, 2.75) is 13.0 Å². The van der Waals surface area contributed by atoms with Crippen LogP contribution in [-0.2, 0) is 16.2 Å². The van der Waals surface area contributed by atoms with Crippen LogP contribution >= 0.6 is 39.1 Å². The molecule has 2 aromatic carbocycles. The zero-order valence-electron chi connectivity index (χ0n) is 18.7. The SMILES string of the molecule is COc1cc(C=NN2C(=O)[C@@H]3[C@H]4C=C[C@@H]([C@@H]5C[C@@H]45)[C@H]3C2=O)cc(Br)c1OCc1ccc(Cl)cc1Cl. The van der Waals surface area contributed by atoms with E-state index in [-0.39, 0.29) is 42.1 Å². The molecule has 5 aliphatic rings. The van der Waals surface area contributed by atoms with Crippen molar-refractivity contribution in [3.63, 3.8) is 0 Å². The lowest BCUT2D eigenvalue weighted by molar-refractivity contribution is -0.140. The van der Waals surface area contributed by atoms with Crippen LogP contribution in [0.25, 0.3) is 0 Å². The van der Waals surface area contributed by atoms with E-state index in [4.69, 9.17) is 32.7 Å². The highest BCUT2D eigenvalue weighted by molar-refractivity contribution is 9.10. The van der Waals surface area contributed by atoms with Gasteiger partial charge in [-0.2, -0.15) is 10.1 Å². The summed E-state index contributed by atoms with van der Waals surface area (Å²) in [5.41, 5.74) is 1.44. The second-order valence-corrected chi connectivity index (χ2v) is 11.1. The Morgan fingerprint density at radius 2 is 1.77 bits per heavy atom. The third-order valence-electron chi connectivity index (χ3n) is 7.60. The van der Waals surface area contributed by atoms with Crippen LogP contribution in [-0.4, -0.2) is 30.1 Å². The van der Waals surface area contributed by atoms with Crippen LogP contribution in [0.2, 0.25) is 10.0 Å².